The van der Waals surface area contributed by atoms with E-state index < -0.39 is 0 Å². The molecule has 160 valence electrons. The van der Waals surface area contributed by atoms with Crippen LogP contribution in [0, 0.1) is 5.92 Å². The van der Waals surface area contributed by atoms with Gasteiger partial charge < -0.3 is 15.0 Å². The maximum absolute atomic E-state index is 13.1. The van der Waals surface area contributed by atoms with Crippen LogP contribution in [0.4, 0.5) is 5.69 Å². The van der Waals surface area contributed by atoms with E-state index in [-0.39, 0.29) is 17.7 Å². The lowest BCUT2D eigenvalue weighted by Gasteiger charge is -2.30. The summed E-state index contributed by atoms with van der Waals surface area (Å²) in [6.07, 6.45) is 6.57. The Morgan fingerprint density at radius 2 is 1.79 bits per heavy atom. The first-order valence-corrected chi connectivity index (χ1v) is 11.2. The minimum atomic E-state index is 0.0785. The molecule has 0 unspecified atom stereocenters. The van der Waals surface area contributed by atoms with E-state index in [4.69, 9.17) is 4.74 Å². The average molecular weight is 402 g/mol. The summed E-state index contributed by atoms with van der Waals surface area (Å²) in [4.78, 5) is 29.4. The first-order valence-electron chi connectivity index (χ1n) is 11.2. The molecule has 2 aliphatic rings. The van der Waals surface area contributed by atoms with Crippen molar-refractivity contribution >= 4 is 17.5 Å². The molecule has 6 nitrogen and oxygen atoms in total. The highest BCUT2D eigenvalue weighted by atomic mass is 16.5. The van der Waals surface area contributed by atoms with Gasteiger partial charge in [0.2, 0.25) is 5.91 Å². The van der Waals surface area contributed by atoms with Crippen molar-refractivity contribution in [2.75, 3.05) is 51.3 Å². The fourth-order valence-electron chi connectivity index (χ4n) is 3.60. The van der Waals surface area contributed by atoms with E-state index in [1.54, 1.807) is 0 Å². The van der Waals surface area contributed by atoms with Crippen molar-refractivity contribution < 1.29 is 14.3 Å². The van der Waals surface area contributed by atoms with Crippen LogP contribution in [0.5, 0.6) is 0 Å². The Hall–Kier alpha value is -1.92. The Bertz CT molecular complexity index is 652. The normalized spacial score (nSPS) is 17.1. The van der Waals surface area contributed by atoms with Gasteiger partial charge in [0, 0.05) is 49.9 Å². The molecule has 1 aliphatic heterocycles. The summed E-state index contributed by atoms with van der Waals surface area (Å²) in [6, 6.07) is 7.34. The van der Waals surface area contributed by atoms with Crippen molar-refractivity contribution in [3.8, 4) is 0 Å². The number of unbranched alkanes of at least 4 members (excludes halogenated alkanes) is 3. The monoisotopic (exact) mass is 401 g/mol. The van der Waals surface area contributed by atoms with E-state index in [1.165, 1.54) is 12.8 Å². The zero-order chi connectivity index (χ0) is 20.5. The third-order valence-electron chi connectivity index (χ3n) is 5.71. The molecule has 2 fully saturated rings. The van der Waals surface area contributed by atoms with Gasteiger partial charge in [-0.25, -0.2) is 0 Å². The first kappa shape index (κ1) is 21.8. The smallest absolute Gasteiger partial charge is 0.253 e. The van der Waals surface area contributed by atoms with Gasteiger partial charge in [-0.2, -0.15) is 0 Å². The quantitative estimate of drug-likeness (QED) is 0.578. The molecule has 0 aromatic heterocycles. The molecule has 1 saturated heterocycles. The molecular weight excluding hydrogens is 366 g/mol. The largest absolute Gasteiger partial charge is 0.379 e. The second-order valence-corrected chi connectivity index (χ2v) is 8.15. The highest BCUT2D eigenvalue weighted by Crippen LogP contribution is 2.30. The molecule has 0 radical (unpaired) electrons. The molecule has 6 heteroatoms. The van der Waals surface area contributed by atoms with Gasteiger partial charge in [-0.1, -0.05) is 26.2 Å². The SMILES string of the molecule is CCCCCCN(CCN1CCOCC1)C(=O)c1ccc(NC(=O)C2CC2)cc1. The Kier molecular flexibility index (Phi) is 8.50. The topological polar surface area (TPSA) is 61.9 Å². The van der Waals surface area contributed by atoms with Gasteiger partial charge in [0.15, 0.2) is 0 Å². The number of nitrogens with one attached hydrogen (secondary N) is 1. The van der Waals surface area contributed by atoms with Crippen LogP contribution in [0.15, 0.2) is 24.3 Å². The number of benzene rings is 1. The lowest BCUT2D eigenvalue weighted by atomic mass is 10.1. The fraction of sp³-hybridized carbons (Fsp3) is 0.652. The average Bonchev–Trinajstić information content (AvgIpc) is 3.60. The van der Waals surface area contributed by atoms with Crippen LogP contribution >= 0.6 is 0 Å². The number of rotatable bonds is 11. The highest BCUT2D eigenvalue weighted by molar-refractivity contribution is 5.96. The van der Waals surface area contributed by atoms with Gasteiger partial charge in [0.25, 0.3) is 5.91 Å². The Balaban J connectivity index is 1.56. The molecular formula is C23H35N3O3. The van der Waals surface area contributed by atoms with E-state index >= 15 is 0 Å². The molecule has 1 aromatic carbocycles. The summed E-state index contributed by atoms with van der Waals surface area (Å²) in [5, 5.41) is 2.93. The van der Waals surface area contributed by atoms with E-state index in [0.717, 1.165) is 77.3 Å². The van der Waals surface area contributed by atoms with Gasteiger partial charge in [-0.15, -0.1) is 0 Å². The van der Waals surface area contributed by atoms with Crippen LogP contribution in [-0.4, -0.2) is 67.6 Å². The third kappa shape index (κ3) is 7.12. The highest BCUT2D eigenvalue weighted by Gasteiger charge is 2.29. The zero-order valence-electron chi connectivity index (χ0n) is 17.7. The molecule has 1 saturated carbocycles. The standard InChI is InChI=1S/C23H35N3O3/c1-2-3-4-5-12-26(14-13-25-15-17-29-18-16-25)23(28)20-8-10-21(11-9-20)24-22(27)19-6-7-19/h8-11,19H,2-7,12-18H2,1H3,(H,24,27). The molecule has 0 bridgehead atoms. The number of hydrogen-bond donors (Lipinski definition) is 1. The maximum atomic E-state index is 13.1. The van der Waals surface area contributed by atoms with Crippen molar-refractivity contribution in [2.45, 2.75) is 45.4 Å². The second kappa shape index (κ2) is 11.3. The van der Waals surface area contributed by atoms with E-state index in [0.29, 0.717) is 5.56 Å². The molecule has 1 N–H and O–H groups in total. The van der Waals surface area contributed by atoms with Crippen molar-refractivity contribution in [3.63, 3.8) is 0 Å². The molecule has 29 heavy (non-hydrogen) atoms. The van der Waals surface area contributed by atoms with Crippen molar-refractivity contribution in [2.24, 2.45) is 5.92 Å². The summed E-state index contributed by atoms with van der Waals surface area (Å²) in [6.45, 7) is 8.05. The summed E-state index contributed by atoms with van der Waals surface area (Å²) in [7, 11) is 0. The predicted molar refractivity (Wildman–Crippen MR) is 115 cm³/mol. The van der Waals surface area contributed by atoms with Crippen LogP contribution in [0.1, 0.15) is 55.8 Å². The summed E-state index contributed by atoms with van der Waals surface area (Å²) in [5.41, 5.74) is 1.45. The molecule has 1 aliphatic carbocycles. The lowest BCUT2D eigenvalue weighted by molar-refractivity contribution is -0.117. The number of amides is 2. The van der Waals surface area contributed by atoms with Gasteiger partial charge >= 0.3 is 0 Å². The Morgan fingerprint density at radius 1 is 1.07 bits per heavy atom. The number of hydrogen-bond acceptors (Lipinski definition) is 4. The second-order valence-electron chi connectivity index (χ2n) is 8.15. The van der Waals surface area contributed by atoms with Gasteiger partial charge in [-0.3, -0.25) is 14.5 Å². The number of carbonyl (C=O) groups is 2. The molecule has 3 rings (SSSR count). The molecule has 0 spiro atoms. The van der Waals surface area contributed by atoms with Crippen molar-refractivity contribution in [1.82, 2.24) is 9.80 Å². The first-order chi connectivity index (χ1) is 14.2. The number of nitrogens with zero attached hydrogens (tertiary/aromatic N) is 2. The summed E-state index contributed by atoms with van der Waals surface area (Å²) >= 11 is 0. The lowest BCUT2D eigenvalue weighted by Crippen LogP contribution is -2.43. The number of carbonyl (C=O) groups excluding carboxylic acids is 2. The molecule has 1 aromatic rings. The van der Waals surface area contributed by atoms with Crippen LogP contribution in [0.2, 0.25) is 0 Å². The maximum Gasteiger partial charge on any atom is 0.253 e. The summed E-state index contributed by atoms with van der Waals surface area (Å²) < 4.78 is 5.42. The molecule has 1 heterocycles. The van der Waals surface area contributed by atoms with Crippen LogP contribution < -0.4 is 5.32 Å². The number of anilines is 1. The minimum absolute atomic E-state index is 0.0785. The predicted octanol–water partition coefficient (Wildman–Crippen LogP) is 3.39. The Labute approximate surface area is 174 Å². The Morgan fingerprint density at radius 3 is 2.45 bits per heavy atom. The van der Waals surface area contributed by atoms with E-state index in [2.05, 4.69) is 17.1 Å². The van der Waals surface area contributed by atoms with E-state index in [1.807, 2.05) is 29.2 Å². The minimum Gasteiger partial charge on any atom is -0.379 e. The molecule has 0 atom stereocenters. The number of morpholine rings is 1. The summed E-state index contributed by atoms with van der Waals surface area (Å²) in [5.74, 6) is 0.345. The van der Waals surface area contributed by atoms with Crippen molar-refractivity contribution in [3.05, 3.63) is 29.8 Å². The van der Waals surface area contributed by atoms with Crippen LogP contribution in [0.25, 0.3) is 0 Å². The zero-order valence-corrected chi connectivity index (χ0v) is 17.7. The van der Waals surface area contributed by atoms with Crippen LogP contribution in [-0.2, 0) is 9.53 Å². The van der Waals surface area contributed by atoms with Gasteiger partial charge in [0.1, 0.15) is 0 Å². The fourth-order valence-corrected chi connectivity index (χ4v) is 3.60. The van der Waals surface area contributed by atoms with Crippen molar-refractivity contribution in [1.29, 1.82) is 0 Å². The van der Waals surface area contributed by atoms with Gasteiger partial charge in [0.05, 0.1) is 13.2 Å². The third-order valence-corrected chi connectivity index (χ3v) is 5.71. The van der Waals surface area contributed by atoms with Crippen LogP contribution in [0.3, 0.4) is 0 Å². The number of ether oxygens (including phenoxy) is 1. The van der Waals surface area contributed by atoms with E-state index in [9.17, 15) is 9.59 Å². The molecule has 2 amide bonds. The van der Waals surface area contributed by atoms with Gasteiger partial charge in [-0.05, 0) is 43.5 Å².